The summed E-state index contributed by atoms with van der Waals surface area (Å²) in [5.41, 5.74) is 2.37. The molecule has 0 unspecified atom stereocenters. The molecule has 0 saturated heterocycles. The highest BCUT2D eigenvalue weighted by Crippen LogP contribution is 2.11. The predicted molar refractivity (Wildman–Crippen MR) is 39.7 cm³/mol. The highest BCUT2D eigenvalue weighted by molar-refractivity contribution is 5.75. The average molecular weight is 135 g/mol. The van der Waals surface area contributed by atoms with Gasteiger partial charge in [0.05, 0.1) is 17.2 Å². The van der Waals surface area contributed by atoms with E-state index in [-0.39, 0.29) is 0 Å². The van der Waals surface area contributed by atoms with Crippen molar-refractivity contribution in [2.75, 3.05) is 0 Å². The van der Waals surface area contributed by atoms with Crippen LogP contribution in [0.3, 0.4) is 0 Å². The Morgan fingerprint density at radius 2 is 2.10 bits per heavy atom. The summed E-state index contributed by atoms with van der Waals surface area (Å²) in [6.45, 7) is 0. The van der Waals surface area contributed by atoms with Crippen LogP contribution < -0.4 is 0 Å². The predicted octanol–water partition coefficient (Wildman–Crippen LogP) is 0.912. The molecule has 0 aromatic carbocycles. The molecule has 0 N–H and O–H groups in total. The zero-order valence-corrected chi connectivity index (χ0v) is 6.07. The van der Waals surface area contributed by atoms with Gasteiger partial charge in [0.15, 0.2) is 0 Å². The molecule has 2 rings (SSSR count). The number of hydrogen-bond donors (Lipinski definition) is 0. The Bertz CT molecular complexity index is 320. The van der Waals surface area contributed by atoms with E-state index in [1.54, 1.807) is 0 Å². The molecule has 2 aromatic rings. The van der Waals surface area contributed by atoms with Crippen LogP contribution in [-0.4, -0.2) is 14.3 Å². The van der Waals surface area contributed by atoms with Gasteiger partial charge < -0.3 is 4.57 Å². The van der Waals surface area contributed by atoms with Crippen LogP contribution in [0.15, 0.2) is 18.5 Å². The second kappa shape index (κ2) is 1.62. The van der Waals surface area contributed by atoms with E-state index in [9.17, 15) is 0 Å². The van der Waals surface area contributed by atoms with Crippen molar-refractivity contribution < 1.29 is 0 Å². The molecule has 2 aromatic heterocycles. The Labute approximate surface area is 58.9 Å². The van der Waals surface area contributed by atoms with Crippen molar-refractivity contribution in [2.24, 2.45) is 14.1 Å². The fraction of sp³-hybridized carbons (Fsp3) is 0.286. The average Bonchev–Trinajstić information content (AvgIpc) is 2.41. The van der Waals surface area contributed by atoms with Gasteiger partial charge in [-0.05, 0) is 6.07 Å². The topological polar surface area (TPSA) is 22.8 Å². The van der Waals surface area contributed by atoms with E-state index in [0.29, 0.717) is 0 Å². The standard InChI is InChI=1S/C7H9N3/c1-9-4-3-6-7(9)5-8-10(6)2/h3-5H,1-2H3. The fourth-order valence-electron chi connectivity index (χ4n) is 1.16. The Hall–Kier alpha value is -1.25. The Morgan fingerprint density at radius 3 is 2.80 bits per heavy atom. The second-order valence-electron chi connectivity index (χ2n) is 2.47. The Morgan fingerprint density at radius 1 is 1.30 bits per heavy atom. The smallest absolute Gasteiger partial charge is 0.0865 e. The van der Waals surface area contributed by atoms with Crippen molar-refractivity contribution in [3.8, 4) is 0 Å². The minimum absolute atomic E-state index is 1.18. The van der Waals surface area contributed by atoms with Crippen molar-refractivity contribution in [2.45, 2.75) is 0 Å². The van der Waals surface area contributed by atoms with Crippen LogP contribution in [0.1, 0.15) is 0 Å². The van der Waals surface area contributed by atoms with Crippen LogP contribution in [0.4, 0.5) is 0 Å². The second-order valence-corrected chi connectivity index (χ2v) is 2.47. The molecule has 0 bridgehead atoms. The van der Waals surface area contributed by atoms with E-state index < -0.39 is 0 Å². The maximum absolute atomic E-state index is 4.11. The first-order chi connectivity index (χ1) is 4.79. The SMILES string of the molecule is Cn1ccc2c1cnn2C. The summed E-state index contributed by atoms with van der Waals surface area (Å²) in [4.78, 5) is 0. The number of fused-ring (bicyclic) bond motifs is 1. The van der Waals surface area contributed by atoms with Crippen molar-refractivity contribution in [3.05, 3.63) is 18.5 Å². The summed E-state index contributed by atoms with van der Waals surface area (Å²) in [6, 6.07) is 2.06. The lowest BCUT2D eigenvalue weighted by Gasteiger charge is -1.86. The van der Waals surface area contributed by atoms with Crippen molar-refractivity contribution in [1.29, 1.82) is 0 Å². The molecule has 2 heterocycles. The molecular formula is C7H9N3. The number of aryl methyl sites for hydroxylation is 2. The molecule has 0 amide bonds. The molecule has 3 nitrogen and oxygen atoms in total. The lowest BCUT2D eigenvalue weighted by molar-refractivity contribution is 0.796. The summed E-state index contributed by atoms with van der Waals surface area (Å²) in [5.74, 6) is 0. The minimum atomic E-state index is 1.18. The van der Waals surface area contributed by atoms with E-state index in [1.807, 2.05) is 31.2 Å². The summed E-state index contributed by atoms with van der Waals surface area (Å²) >= 11 is 0. The molecule has 0 aliphatic carbocycles. The van der Waals surface area contributed by atoms with Gasteiger partial charge in [-0.25, -0.2) is 0 Å². The van der Waals surface area contributed by atoms with Gasteiger partial charge in [0.2, 0.25) is 0 Å². The monoisotopic (exact) mass is 135 g/mol. The highest BCUT2D eigenvalue weighted by Gasteiger charge is 1.99. The van der Waals surface area contributed by atoms with Gasteiger partial charge in [-0.3, -0.25) is 4.68 Å². The first-order valence-electron chi connectivity index (χ1n) is 3.22. The fourth-order valence-corrected chi connectivity index (χ4v) is 1.16. The number of nitrogens with zero attached hydrogens (tertiary/aromatic N) is 3. The van der Waals surface area contributed by atoms with Gasteiger partial charge in [-0.15, -0.1) is 0 Å². The largest absolute Gasteiger partial charge is 0.348 e. The third-order valence-corrected chi connectivity index (χ3v) is 1.80. The van der Waals surface area contributed by atoms with Crippen LogP contribution in [0.5, 0.6) is 0 Å². The molecule has 3 heteroatoms. The molecule has 0 atom stereocenters. The maximum atomic E-state index is 4.11. The molecule has 0 aliphatic rings. The zero-order valence-electron chi connectivity index (χ0n) is 6.07. The lowest BCUT2D eigenvalue weighted by Crippen LogP contribution is -1.86. The number of hydrogen-bond acceptors (Lipinski definition) is 1. The molecular weight excluding hydrogens is 126 g/mol. The highest BCUT2D eigenvalue weighted by atomic mass is 15.3. The van der Waals surface area contributed by atoms with E-state index >= 15 is 0 Å². The van der Waals surface area contributed by atoms with Crippen molar-refractivity contribution in [3.63, 3.8) is 0 Å². The van der Waals surface area contributed by atoms with Gasteiger partial charge in [0, 0.05) is 20.3 Å². The van der Waals surface area contributed by atoms with Gasteiger partial charge in [-0.1, -0.05) is 0 Å². The van der Waals surface area contributed by atoms with Crippen LogP contribution >= 0.6 is 0 Å². The first-order valence-corrected chi connectivity index (χ1v) is 3.22. The third kappa shape index (κ3) is 0.518. The van der Waals surface area contributed by atoms with E-state index in [0.717, 1.165) is 0 Å². The van der Waals surface area contributed by atoms with Crippen LogP contribution in [-0.2, 0) is 14.1 Å². The molecule has 10 heavy (non-hydrogen) atoms. The van der Waals surface area contributed by atoms with Gasteiger partial charge >= 0.3 is 0 Å². The maximum Gasteiger partial charge on any atom is 0.0865 e. The summed E-state index contributed by atoms with van der Waals surface area (Å²) in [5, 5.41) is 4.11. The molecule has 0 aliphatic heterocycles. The van der Waals surface area contributed by atoms with Gasteiger partial charge in [0.25, 0.3) is 0 Å². The third-order valence-electron chi connectivity index (χ3n) is 1.80. The summed E-state index contributed by atoms with van der Waals surface area (Å²) in [7, 11) is 3.96. The molecule has 52 valence electrons. The summed E-state index contributed by atoms with van der Waals surface area (Å²) in [6.07, 6.45) is 3.90. The van der Waals surface area contributed by atoms with Crippen LogP contribution in [0.2, 0.25) is 0 Å². The summed E-state index contributed by atoms with van der Waals surface area (Å²) < 4.78 is 3.93. The number of aromatic nitrogens is 3. The van der Waals surface area contributed by atoms with E-state index in [2.05, 4.69) is 15.7 Å². The van der Waals surface area contributed by atoms with Crippen LogP contribution in [0, 0.1) is 0 Å². The van der Waals surface area contributed by atoms with Gasteiger partial charge in [0.1, 0.15) is 0 Å². The molecule has 0 spiro atoms. The van der Waals surface area contributed by atoms with Crippen LogP contribution in [0.25, 0.3) is 11.0 Å². The first kappa shape index (κ1) is 5.53. The molecule has 0 saturated carbocycles. The minimum Gasteiger partial charge on any atom is -0.348 e. The lowest BCUT2D eigenvalue weighted by atomic mass is 10.5. The van der Waals surface area contributed by atoms with E-state index in [1.165, 1.54) is 11.0 Å². The number of rotatable bonds is 0. The van der Waals surface area contributed by atoms with E-state index in [4.69, 9.17) is 0 Å². The van der Waals surface area contributed by atoms with Crippen molar-refractivity contribution >= 4 is 11.0 Å². The molecule has 0 radical (unpaired) electrons. The van der Waals surface area contributed by atoms with Gasteiger partial charge in [-0.2, -0.15) is 5.10 Å². The quantitative estimate of drug-likeness (QED) is 0.526. The Balaban J connectivity index is 2.95. The normalized spacial score (nSPS) is 11.0. The zero-order chi connectivity index (χ0) is 7.14. The molecule has 0 fully saturated rings. The Kier molecular flexibility index (Phi) is 0.897. The van der Waals surface area contributed by atoms with Crippen molar-refractivity contribution in [1.82, 2.24) is 14.3 Å².